The Kier molecular flexibility index (Phi) is 6.10. The van der Waals surface area contributed by atoms with Gasteiger partial charge in [-0.25, -0.2) is 4.79 Å². The van der Waals surface area contributed by atoms with Crippen LogP contribution in [-0.2, 0) is 4.79 Å². The molecule has 0 spiro atoms. The van der Waals surface area contributed by atoms with Crippen LogP contribution < -0.4 is 4.74 Å². The van der Waals surface area contributed by atoms with Gasteiger partial charge in [-0.15, -0.1) is 0 Å². The van der Waals surface area contributed by atoms with Crippen LogP contribution in [0.5, 0.6) is 5.75 Å². The summed E-state index contributed by atoms with van der Waals surface area (Å²) in [5.74, 6) is -0.0342. The monoisotopic (exact) mass is 584 g/mol. The third-order valence-corrected chi connectivity index (χ3v) is 8.58. The van der Waals surface area contributed by atoms with Crippen LogP contribution in [0.2, 0.25) is 0 Å². The maximum Gasteiger partial charge on any atom is 0.335 e. The lowest BCUT2D eigenvalue weighted by atomic mass is 9.95. The van der Waals surface area contributed by atoms with Crippen LogP contribution >= 0.6 is 0 Å². The third-order valence-electron chi connectivity index (χ3n) is 8.58. The van der Waals surface area contributed by atoms with Gasteiger partial charge in [-0.2, -0.15) is 0 Å². The summed E-state index contributed by atoms with van der Waals surface area (Å²) < 4.78 is 9.93. The molecule has 0 N–H and O–H groups in total. The van der Waals surface area contributed by atoms with Crippen LogP contribution in [0, 0.1) is 13.8 Å². The molecule has 8 aromatic rings. The topological polar surface area (TPSA) is 61.9 Å². The predicted octanol–water partition coefficient (Wildman–Crippen LogP) is 9.05. The number of fused-ring (bicyclic) bond motifs is 6. The number of pyridine rings is 2. The number of aromatic nitrogens is 4. The number of para-hydroxylation sites is 1. The normalized spacial score (nSPS) is 11.5. The molecule has 0 unspecified atom stereocenters. The minimum Gasteiger partial charge on any atom is -0.423 e. The van der Waals surface area contributed by atoms with Gasteiger partial charge < -0.3 is 13.9 Å². The molecular weight excluding hydrogens is 556 g/mol. The maximum absolute atomic E-state index is 11.8. The average Bonchev–Trinajstić information content (AvgIpc) is 3.58. The van der Waals surface area contributed by atoms with Gasteiger partial charge in [-0.1, -0.05) is 36.9 Å². The Morgan fingerprint density at radius 2 is 1.36 bits per heavy atom. The molecule has 4 heterocycles. The van der Waals surface area contributed by atoms with E-state index in [-0.39, 0.29) is 0 Å². The SMILES string of the molecule is C=CC(=O)Oc1ccc2c(c1)c1ncccc1n2-c1ccc(-c2ccc(-n3c4ccccc4c4cnccc43)cc2C)c(C)c1. The Balaban J connectivity index is 1.22. The molecular formula is C39H28N4O2. The van der Waals surface area contributed by atoms with Crippen molar-refractivity contribution >= 4 is 49.7 Å². The van der Waals surface area contributed by atoms with Gasteiger partial charge in [0.05, 0.1) is 27.6 Å². The summed E-state index contributed by atoms with van der Waals surface area (Å²) in [7, 11) is 0. The van der Waals surface area contributed by atoms with Crippen LogP contribution in [0.3, 0.4) is 0 Å². The molecule has 0 aliphatic rings. The summed E-state index contributed by atoms with van der Waals surface area (Å²) in [6, 6.07) is 33.5. The quantitative estimate of drug-likeness (QED) is 0.115. The molecule has 0 saturated heterocycles. The minimum atomic E-state index is -0.493. The van der Waals surface area contributed by atoms with Gasteiger partial charge in [-0.05, 0) is 103 Å². The van der Waals surface area contributed by atoms with E-state index in [4.69, 9.17) is 4.74 Å². The molecule has 0 radical (unpaired) electrons. The molecule has 0 aliphatic carbocycles. The zero-order chi connectivity index (χ0) is 30.7. The molecule has 0 atom stereocenters. The first-order valence-corrected chi connectivity index (χ1v) is 14.8. The van der Waals surface area contributed by atoms with Crippen molar-refractivity contribution in [3.8, 4) is 28.3 Å². The van der Waals surface area contributed by atoms with Gasteiger partial charge in [0, 0.05) is 52.2 Å². The molecule has 6 heteroatoms. The molecule has 0 bridgehead atoms. The van der Waals surface area contributed by atoms with Gasteiger partial charge in [0.25, 0.3) is 0 Å². The first-order valence-electron chi connectivity index (χ1n) is 14.8. The Morgan fingerprint density at radius 3 is 2.09 bits per heavy atom. The van der Waals surface area contributed by atoms with Crippen molar-refractivity contribution in [1.29, 1.82) is 0 Å². The Bertz CT molecular complexity index is 2430. The molecule has 4 aromatic heterocycles. The molecule has 0 aliphatic heterocycles. The summed E-state index contributed by atoms with van der Waals surface area (Å²) in [6.45, 7) is 7.83. The number of hydrogen-bond donors (Lipinski definition) is 0. The molecule has 4 aromatic carbocycles. The fraction of sp³-hybridized carbons (Fsp3) is 0.0513. The minimum absolute atomic E-state index is 0.458. The fourth-order valence-corrected chi connectivity index (χ4v) is 6.59. The predicted molar refractivity (Wildman–Crippen MR) is 181 cm³/mol. The van der Waals surface area contributed by atoms with Gasteiger partial charge in [0.15, 0.2) is 0 Å². The Hall–Kier alpha value is -6.01. The van der Waals surface area contributed by atoms with Gasteiger partial charge >= 0.3 is 5.97 Å². The number of nitrogens with zero attached hydrogens (tertiary/aromatic N) is 4. The Labute approximate surface area is 259 Å². The number of hydrogen-bond acceptors (Lipinski definition) is 4. The van der Waals surface area contributed by atoms with Crippen molar-refractivity contribution < 1.29 is 9.53 Å². The number of carbonyl (C=O) groups excluding carboxylic acids is 1. The van der Waals surface area contributed by atoms with Crippen LogP contribution in [0.1, 0.15) is 11.1 Å². The van der Waals surface area contributed by atoms with Crippen LogP contribution in [0.15, 0.2) is 128 Å². The van der Waals surface area contributed by atoms with E-state index in [9.17, 15) is 4.79 Å². The van der Waals surface area contributed by atoms with E-state index in [0.29, 0.717) is 5.75 Å². The van der Waals surface area contributed by atoms with Gasteiger partial charge in [0.2, 0.25) is 0 Å². The van der Waals surface area contributed by atoms with E-state index >= 15 is 0 Å². The van der Waals surface area contributed by atoms with Crippen molar-refractivity contribution in [1.82, 2.24) is 19.1 Å². The summed E-state index contributed by atoms with van der Waals surface area (Å²) in [5, 5.41) is 3.26. The second-order valence-electron chi connectivity index (χ2n) is 11.3. The van der Waals surface area contributed by atoms with Crippen molar-refractivity contribution in [3.63, 3.8) is 0 Å². The van der Waals surface area contributed by atoms with Crippen molar-refractivity contribution in [2.24, 2.45) is 0 Å². The van der Waals surface area contributed by atoms with Crippen LogP contribution in [0.25, 0.3) is 66.2 Å². The first kappa shape index (κ1) is 26.6. The smallest absolute Gasteiger partial charge is 0.335 e. The molecule has 0 saturated carbocycles. The zero-order valence-electron chi connectivity index (χ0n) is 24.9. The molecule has 6 nitrogen and oxygen atoms in total. The lowest BCUT2D eigenvalue weighted by Gasteiger charge is -2.15. The van der Waals surface area contributed by atoms with E-state index in [1.807, 2.05) is 30.6 Å². The van der Waals surface area contributed by atoms with E-state index in [2.05, 4.69) is 112 Å². The zero-order valence-corrected chi connectivity index (χ0v) is 24.9. The molecule has 216 valence electrons. The van der Waals surface area contributed by atoms with E-state index in [0.717, 1.165) is 50.3 Å². The maximum atomic E-state index is 11.8. The molecule has 0 amide bonds. The third kappa shape index (κ3) is 4.22. The number of benzene rings is 4. The lowest BCUT2D eigenvalue weighted by Crippen LogP contribution is -2.02. The fourth-order valence-electron chi connectivity index (χ4n) is 6.59. The largest absolute Gasteiger partial charge is 0.423 e. The van der Waals surface area contributed by atoms with Gasteiger partial charge in [0.1, 0.15) is 5.75 Å². The summed E-state index contributed by atoms with van der Waals surface area (Å²) in [6.07, 6.45) is 6.75. The highest BCUT2D eigenvalue weighted by atomic mass is 16.5. The summed E-state index contributed by atoms with van der Waals surface area (Å²) in [5.41, 5.74) is 12.0. The van der Waals surface area contributed by atoms with Crippen molar-refractivity contribution in [3.05, 3.63) is 139 Å². The number of aryl methyl sites for hydroxylation is 2. The standard InChI is InChI=1S/C39H28N4O2/c1-4-38(44)45-28-13-16-35-32(22-28)39-37(10-7-18-41-39)43(35)27-12-15-30(25(3)21-27)29-14-11-26(20-24(29)2)42-34-9-6-5-8-31(34)33-23-40-19-17-36(33)42/h4-23H,1H2,2-3H3. The van der Waals surface area contributed by atoms with Crippen molar-refractivity contribution in [2.45, 2.75) is 13.8 Å². The van der Waals surface area contributed by atoms with Crippen LogP contribution in [-0.4, -0.2) is 25.1 Å². The average molecular weight is 585 g/mol. The highest BCUT2D eigenvalue weighted by molar-refractivity contribution is 6.09. The highest BCUT2D eigenvalue weighted by Crippen LogP contribution is 2.37. The molecule has 8 rings (SSSR count). The number of esters is 1. The van der Waals surface area contributed by atoms with Crippen LogP contribution in [0.4, 0.5) is 0 Å². The highest BCUT2D eigenvalue weighted by Gasteiger charge is 2.17. The summed E-state index contributed by atoms with van der Waals surface area (Å²) in [4.78, 5) is 20.9. The Morgan fingerprint density at radius 1 is 0.689 bits per heavy atom. The summed E-state index contributed by atoms with van der Waals surface area (Å²) >= 11 is 0. The molecule has 45 heavy (non-hydrogen) atoms. The van der Waals surface area contributed by atoms with E-state index in [1.54, 1.807) is 12.3 Å². The number of ether oxygens (including phenoxy) is 1. The molecule has 0 fully saturated rings. The lowest BCUT2D eigenvalue weighted by molar-refractivity contribution is -0.128. The van der Waals surface area contributed by atoms with Gasteiger partial charge in [-0.3, -0.25) is 9.97 Å². The second kappa shape index (κ2) is 10.3. The number of rotatable bonds is 5. The van der Waals surface area contributed by atoms with E-state index in [1.165, 1.54) is 33.2 Å². The second-order valence-corrected chi connectivity index (χ2v) is 11.3. The van der Waals surface area contributed by atoms with Crippen molar-refractivity contribution in [2.75, 3.05) is 0 Å². The van der Waals surface area contributed by atoms with E-state index < -0.39 is 5.97 Å². The number of carbonyl (C=O) groups is 1. The first-order chi connectivity index (χ1) is 22.0.